The smallest absolute Gasteiger partial charge is 0.233 e. The topological polar surface area (TPSA) is 45.7 Å². The lowest BCUT2D eigenvalue weighted by Gasteiger charge is -2.27. The van der Waals surface area contributed by atoms with Gasteiger partial charge in [-0.1, -0.05) is 65.9 Å². The molecule has 194 valence electrons. The van der Waals surface area contributed by atoms with E-state index in [0.717, 1.165) is 60.1 Å². The second-order valence-electron chi connectivity index (χ2n) is 8.82. The third-order valence-electron chi connectivity index (χ3n) is 6.31. The van der Waals surface area contributed by atoms with Gasteiger partial charge in [-0.25, -0.2) is 13.8 Å². The van der Waals surface area contributed by atoms with Crippen LogP contribution >= 0.6 is 23.7 Å². The molecule has 9 heteroatoms. The molecule has 0 atom stereocenters. The van der Waals surface area contributed by atoms with Crippen molar-refractivity contribution in [3.63, 3.8) is 0 Å². The Kier molecular flexibility index (Phi) is 9.21. The van der Waals surface area contributed by atoms with Crippen LogP contribution < -0.4 is 4.90 Å². The zero-order valence-corrected chi connectivity index (χ0v) is 21.9. The molecule has 0 aliphatic carbocycles. The van der Waals surface area contributed by atoms with Gasteiger partial charge in [0.05, 0.1) is 24.3 Å². The van der Waals surface area contributed by atoms with Crippen molar-refractivity contribution < 1.29 is 18.3 Å². The summed E-state index contributed by atoms with van der Waals surface area (Å²) in [6.45, 7) is 4.43. The van der Waals surface area contributed by atoms with Gasteiger partial charge in [-0.2, -0.15) is 0 Å². The number of carbonyl (C=O) groups is 1. The number of benzene rings is 3. The summed E-state index contributed by atoms with van der Waals surface area (Å²) in [4.78, 5) is 21.8. The second kappa shape index (κ2) is 12.6. The average Bonchev–Trinajstić information content (AvgIpc) is 3.32. The van der Waals surface area contributed by atoms with Crippen LogP contribution in [0.3, 0.4) is 0 Å². The lowest BCUT2D eigenvalue weighted by Crippen LogP contribution is -2.39. The molecule has 1 amide bonds. The number of aromatic nitrogens is 1. The molecule has 1 aromatic heterocycles. The molecule has 5 rings (SSSR count). The molecule has 2 heterocycles. The minimum Gasteiger partial charge on any atom is -0.379 e. The van der Waals surface area contributed by atoms with Crippen LogP contribution in [0.25, 0.3) is 21.3 Å². The third-order valence-corrected chi connectivity index (χ3v) is 7.34. The standard InChI is InChI=1S/C28H27F2N3O2S.ClH/c29-23-18-24(30)27-25(19-23)36-28(31-27)33(12-4-11-32-13-15-35-16-14-32)26(34)17-20-7-9-22(10-8-20)21-5-2-1-3-6-21;/h1-3,5-10,18-19H,4,11-17H2;1H. The number of hydrogen-bond donors (Lipinski definition) is 0. The van der Waals surface area contributed by atoms with Crippen LogP contribution in [-0.2, 0) is 16.0 Å². The van der Waals surface area contributed by atoms with Gasteiger partial charge < -0.3 is 4.74 Å². The maximum absolute atomic E-state index is 14.3. The Labute approximate surface area is 225 Å². The van der Waals surface area contributed by atoms with E-state index < -0.39 is 11.6 Å². The van der Waals surface area contributed by atoms with Crippen LogP contribution in [0.2, 0.25) is 0 Å². The summed E-state index contributed by atoms with van der Waals surface area (Å²) in [7, 11) is 0. The summed E-state index contributed by atoms with van der Waals surface area (Å²) in [5.41, 5.74) is 3.17. The Hall–Kier alpha value is -2.91. The highest BCUT2D eigenvalue weighted by atomic mass is 35.5. The SMILES string of the molecule is Cl.O=C(Cc1ccc(-c2ccccc2)cc1)N(CCCN1CCOCC1)c1nc2c(F)cc(F)cc2s1. The number of hydrogen-bond acceptors (Lipinski definition) is 5. The fraction of sp³-hybridized carbons (Fsp3) is 0.286. The molecule has 3 aromatic carbocycles. The van der Waals surface area contributed by atoms with Gasteiger partial charge in [-0.05, 0) is 29.2 Å². The van der Waals surface area contributed by atoms with Gasteiger partial charge in [0.15, 0.2) is 10.9 Å². The Morgan fingerprint density at radius 3 is 2.43 bits per heavy atom. The van der Waals surface area contributed by atoms with Gasteiger partial charge in [0.1, 0.15) is 11.3 Å². The van der Waals surface area contributed by atoms with Crippen molar-refractivity contribution in [1.82, 2.24) is 9.88 Å². The van der Waals surface area contributed by atoms with Crippen LogP contribution in [0.4, 0.5) is 13.9 Å². The average molecular weight is 544 g/mol. The predicted octanol–water partition coefficient (Wildman–Crippen LogP) is 5.96. The molecule has 1 saturated heterocycles. The zero-order valence-electron chi connectivity index (χ0n) is 20.2. The van der Waals surface area contributed by atoms with Crippen molar-refractivity contribution in [2.24, 2.45) is 0 Å². The van der Waals surface area contributed by atoms with Gasteiger partial charge in [0.25, 0.3) is 0 Å². The quantitative estimate of drug-likeness (QED) is 0.275. The van der Waals surface area contributed by atoms with Crippen molar-refractivity contribution >= 4 is 45.0 Å². The summed E-state index contributed by atoms with van der Waals surface area (Å²) < 4.78 is 33.9. The van der Waals surface area contributed by atoms with Crippen LogP contribution in [0.5, 0.6) is 0 Å². The molecule has 0 N–H and O–H groups in total. The lowest BCUT2D eigenvalue weighted by atomic mass is 10.0. The van der Waals surface area contributed by atoms with E-state index >= 15 is 0 Å². The van der Waals surface area contributed by atoms with Crippen LogP contribution in [0.15, 0.2) is 66.7 Å². The second-order valence-corrected chi connectivity index (χ2v) is 9.83. The molecule has 0 spiro atoms. The van der Waals surface area contributed by atoms with Crippen molar-refractivity contribution in [3.05, 3.63) is 83.9 Å². The van der Waals surface area contributed by atoms with E-state index in [1.54, 1.807) is 4.90 Å². The molecule has 37 heavy (non-hydrogen) atoms. The first-order chi connectivity index (χ1) is 17.6. The minimum atomic E-state index is -0.718. The van der Waals surface area contributed by atoms with Gasteiger partial charge in [0, 0.05) is 32.2 Å². The van der Waals surface area contributed by atoms with Crippen LogP contribution in [-0.4, -0.2) is 55.2 Å². The maximum atomic E-state index is 14.3. The van der Waals surface area contributed by atoms with Gasteiger partial charge in [-0.3, -0.25) is 14.6 Å². The molecular formula is C28H28ClF2N3O2S. The molecule has 0 radical (unpaired) electrons. The van der Waals surface area contributed by atoms with Gasteiger partial charge in [-0.15, -0.1) is 12.4 Å². The summed E-state index contributed by atoms with van der Waals surface area (Å²) in [6.07, 6.45) is 0.935. The van der Waals surface area contributed by atoms with Crippen molar-refractivity contribution in [2.75, 3.05) is 44.3 Å². The molecule has 0 unspecified atom stereocenters. The molecular weight excluding hydrogens is 516 g/mol. The number of halogens is 3. The van der Waals surface area contributed by atoms with E-state index in [2.05, 4.69) is 9.88 Å². The first-order valence-corrected chi connectivity index (χ1v) is 12.9. The summed E-state index contributed by atoms with van der Waals surface area (Å²) in [5.74, 6) is -1.49. The fourth-order valence-corrected chi connectivity index (χ4v) is 5.43. The number of ether oxygens (including phenoxy) is 1. The van der Waals surface area contributed by atoms with Crippen LogP contribution in [0, 0.1) is 11.6 Å². The van der Waals surface area contributed by atoms with Crippen LogP contribution in [0.1, 0.15) is 12.0 Å². The number of nitrogens with zero attached hydrogens (tertiary/aromatic N) is 3. The first-order valence-electron chi connectivity index (χ1n) is 12.1. The number of amides is 1. The Balaban J connectivity index is 0.00000320. The zero-order chi connectivity index (χ0) is 24.9. The molecule has 1 fully saturated rings. The number of rotatable bonds is 8. The highest BCUT2D eigenvalue weighted by molar-refractivity contribution is 7.22. The highest BCUT2D eigenvalue weighted by Gasteiger charge is 2.22. The highest BCUT2D eigenvalue weighted by Crippen LogP contribution is 2.32. The molecule has 1 aliphatic heterocycles. The van der Waals surface area contributed by atoms with Crippen molar-refractivity contribution in [3.8, 4) is 11.1 Å². The summed E-state index contributed by atoms with van der Waals surface area (Å²) in [5, 5.41) is 0.391. The Morgan fingerprint density at radius 2 is 1.70 bits per heavy atom. The monoisotopic (exact) mass is 543 g/mol. The lowest BCUT2D eigenvalue weighted by molar-refractivity contribution is -0.118. The van der Waals surface area contributed by atoms with E-state index in [1.807, 2.05) is 54.6 Å². The summed E-state index contributed by atoms with van der Waals surface area (Å²) >= 11 is 1.14. The Morgan fingerprint density at radius 1 is 1.00 bits per heavy atom. The Bertz CT molecular complexity index is 1330. The van der Waals surface area contributed by atoms with Gasteiger partial charge >= 0.3 is 0 Å². The molecule has 0 saturated carbocycles. The molecule has 1 aliphatic rings. The van der Waals surface area contributed by atoms with E-state index in [1.165, 1.54) is 6.07 Å². The fourth-order valence-electron chi connectivity index (χ4n) is 4.38. The minimum absolute atomic E-state index is 0. The maximum Gasteiger partial charge on any atom is 0.233 e. The van der Waals surface area contributed by atoms with Gasteiger partial charge in [0.2, 0.25) is 5.91 Å². The number of fused-ring (bicyclic) bond motifs is 1. The van der Waals surface area contributed by atoms with E-state index in [-0.39, 0.29) is 30.3 Å². The normalized spacial score (nSPS) is 13.9. The predicted molar refractivity (Wildman–Crippen MR) is 147 cm³/mol. The number of thiazole rings is 1. The number of morpholine rings is 1. The number of carbonyl (C=O) groups excluding carboxylic acids is 1. The number of anilines is 1. The third kappa shape index (κ3) is 6.70. The van der Waals surface area contributed by atoms with E-state index in [4.69, 9.17) is 4.74 Å². The summed E-state index contributed by atoms with van der Waals surface area (Å²) in [6, 6.07) is 20.1. The largest absolute Gasteiger partial charge is 0.379 e. The first kappa shape index (κ1) is 27.1. The van der Waals surface area contributed by atoms with Crippen molar-refractivity contribution in [2.45, 2.75) is 12.8 Å². The van der Waals surface area contributed by atoms with E-state index in [0.29, 0.717) is 29.6 Å². The van der Waals surface area contributed by atoms with E-state index in [9.17, 15) is 13.6 Å². The molecule has 4 aromatic rings. The molecule has 5 nitrogen and oxygen atoms in total. The van der Waals surface area contributed by atoms with Crippen molar-refractivity contribution in [1.29, 1.82) is 0 Å². The molecule has 0 bridgehead atoms.